The smallest absolute Gasteiger partial charge is 0.407 e. The Morgan fingerprint density at radius 2 is 2.08 bits per heavy atom. The van der Waals surface area contributed by atoms with Crippen LogP contribution in [0.5, 0.6) is 0 Å². The minimum Gasteiger partial charge on any atom is -0.441 e. The highest BCUT2D eigenvalue weighted by Gasteiger charge is 2.43. The highest BCUT2D eigenvalue weighted by atomic mass is 19.1. The van der Waals surface area contributed by atoms with Crippen molar-refractivity contribution >= 4 is 22.9 Å². The fraction of sp³-hybridized carbons (Fsp3) is 0.389. The van der Waals surface area contributed by atoms with Crippen LogP contribution in [0.4, 0.5) is 9.18 Å². The molecule has 1 aromatic carbocycles. The Morgan fingerprint density at radius 1 is 1.32 bits per heavy atom. The maximum atomic E-state index is 13.5. The number of carbonyl (C=O) groups excluding carboxylic acids is 2. The molecule has 0 radical (unpaired) electrons. The van der Waals surface area contributed by atoms with Crippen LogP contribution in [0.2, 0.25) is 0 Å². The number of benzene rings is 1. The lowest BCUT2D eigenvalue weighted by Gasteiger charge is -2.37. The molecule has 6 nitrogen and oxygen atoms in total. The molecule has 0 saturated carbocycles. The summed E-state index contributed by atoms with van der Waals surface area (Å²) in [6.45, 7) is 3.30. The first kappa shape index (κ1) is 15.8. The third-order valence-corrected chi connectivity index (χ3v) is 4.96. The van der Waals surface area contributed by atoms with E-state index in [1.165, 1.54) is 12.1 Å². The van der Waals surface area contributed by atoms with Gasteiger partial charge >= 0.3 is 6.09 Å². The number of carbonyl (C=O) groups is 2. The van der Waals surface area contributed by atoms with Crippen LogP contribution < -0.4 is 5.32 Å². The first-order chi connectivity index (χ1) is 12.0. The quantitative estimate of drug-likeness (QED) is 0.863. The van der Waals surface area contributed by atoms with E-state index >= 15 is 0 Å². The maximum absolute atomic E-state index is 13.5. The lowest BCUT2D eigenvalue weighted by Crippen LogP contribution is -2.48. The third kappa shape index (κ3) is 2.79. The van der Waals surface area contributed by atoms with Crippen LogP contribution in [0.1, 0.15) is 28.9 Å². The van der Waals surface area contributed by atoms with Crippen molar-refractivity contribution in [2.24, 2.45) is 0 Å². The van der Waals surface area contributed by atoms with Crippen molar-refractivity contribution in [2.45, 2.75) is 25.4 Å². The SMILES string of the molecule is Cc1cc(C(=O)N2CCC3(CC2)CNC(=O)O3)c2ccc(F)cc2n1. The van der Waals surface area contributed by atoms with Gasteiger partial charge in [-0.3, -0.25) is 9.78 Å². The van der Waals surface area contributed by atoms with Gasteiger partial charge in [0.2, 0.25) is 0 Å². The van der Waals surface area contributed by atoms with Crippen molar-refractivity contribution in [3.05, 3.63) is 41.3 Å². The molecule has 3 heterocycles. The molecule has 7 heteroatoms. The highest BCUT2D eigenvalue weighted by molar-refractivity contribution is 6.06. The number of nitrogens with one attached hydrogen (secondary N) is 1. The molecule has 0 unspecified atom stereocenters. The molecule has 1 N–H and O–H groups in total. The Kier molecular flexibility index (Phi) is 3.59. The number of piperidine rings is 1. The summed E-state index contributed by atoms with van der Waals surface area (Å²) in [6.07, 6.45) is 0.819. The zero-order valence-corrected chi connectivity index (χ0v) is 13.8. The number of hydrogen-bond acceptors (Lipinski definition) is 4. The van der Waals surface area contributed by atoms with Gasteiger partial charge in [-0.2, -0.15) is 0 Å². The molecule has 1 aromatic heterocycles. The summed E-state index contributed by atoms with van der Waals surface area (Å²) in [4.78, 5) is 30.4. The maximum Gasteiger partial charge on any atom is 0.407 e. The summed E-state index contributed by atoms with van der Waals surface area (Å²) in [5, 5.41) is 3.33. The summed E-state index contributed by atoms with van der Waals surface area (Å²) in [5.74, 6) is -0.478. The van der Waals surface area contributed by atoms with Crippen LogP contribution in [0.25, 0.3) is 10.9 Å². The second-order valence-electron chi connectivity index (χ2n) is 6.69. The summed E-state index contributed by atoms with van der Waals surface area (Å²) in [7, 11) is 0. The molecule has 2 fully saturated rings. The Bertz CT molecular complexity index is 870. The number of nitrogens with zero attached hydrogens (tertiary/aromatic N) is 2. The van der Waals surface area contributed by atoms with Crippen LogP contribution in [0.15, 0.2) is 24.3 Å². The first-order valence-corrected chi connectivity index (χ1v) is 8.29. The molecule has 2 aliphatic heterocycles. The van der Waals surface area contributed by atoms with Crippen molar-refractivity contribution in [1.82, 2.24) is 15.2 Å². The van der Waals surface area contributed by atoms with Gasteiger partial charge in [0.15, 0.2) is 0 Å². The lowest BCUT2D eigenvalue weighted by atomic mass is 9.91. The highest BCUT2D eigenvalue weighted by Crippen LogP contribution is 2.30. The summed E-state index contributed by atoms with van der Waals surface area (Å²) in [5.41, 5.74) is 1.18. The van der Waals surface area contributed by atoms with E-state index in [0.717, 1.165) is 0 Å². The molecule has 0 atom stereocenters. The number of halogens is 1. The van der Waals surface area contributed by atoms with E-state index in [1.54, 1.807) is 24.0 Å². The number of aromatic nitrogens is 1. The second-order valence-corrected chi connectivity index (χ2v) is 6.69. The Hall–Kier alpha value is -2.70. The topological polar surface area (TPSA) is 71.5 Å². The molecular weight excluding hydrogens is 325 g/mol. The number of ether oxygens (including phenoxy) is 1. The van der Waals surface area contributed by atoms with E-state index in [0.29, 0.717) is 54.6 Å². The van der Waals surface area contributed by atoms with Crippen LogP contribution in [-0.4, -0.2) is 47.1 Å². The number of aryl methyl sites for hydroxylation is 1. The summed E-state index contributed by atoms with van der Waals surface area (Å²) in [6, 6.07) is 6.02. The normalized spacial score (nSPS) is 19.1. The molecule has 2 saturated heterocycles. The molecule has 2 aliphatic rings. The molecule has 2 aromatic rings. The average Bonchev–Trinajstić information content (AvgIpc) is 2.94. The Balaban J connectivity index is 1.60. The number of amides is 2. The third-order valence-electron chi connectivity index (χ3n) is 4.96. The number of fused-ring (bicyclic) bond motifs is 1. The average molecular weight is 343 g/mol. The van der Waals surface area contributed by atoms with E-state index in [9.17, 15) is 14.0 Å². The predicted molar refractivity (Wildman–Crippen MR) is 88.8 cm³/mol. The molecular formula is C18H18FN3O3. The Morgan fingerprint density at radius 3 is 2.76 bits per heavy atom. The van der Waals surface area contributed by atoms with Gasteiger partial charge < -0.3 is 15.0 Å². The van der Waals surface area contributed by atoms with E-state index in [-0.39, 0.29) is 11.7 Å². The molecule has 0 aliphatic carbocycles. The first-order valence-electron chi connectivity index (χ1n) is 8.29. The summed E-state index contributed by atoms with van der Waals surface area (Å²) < 4.78 is 18.9. The van der Waals surface area contributed by atoms with Crippen LogP contribution in [0.3, 0.4) is 0 Å². The fourth-order valence-corrected chi connectivity index (χ4v) is 3.58. The van der Waals surface area contributed by atoms with E-state index in [1.807, 2.05) is 0 Å². The van der Waals surface area contributed by atoms with Gasteiger partial charge in [-0.1, -0.05) is 0 Å². The summed E-state index contributed by atoms with van der Waals surface area (Å²) >= 11 is 0. The molecule has 2 amide bonds. The van der Waals surface area contributed by atoms with Crippen molar-refractivity contribution in [2.75, 3.05) is 19.6 Å². The van der Waals surface area contributed by atoms with Crippen LogP contribution in [-0.2, 0) is 4.74 Å². The minimum absolute atomic E-state index is 0.103. The number of hydrogen-bond donors (Lipinski definition) is 1. The predicted octanol–water partition coefficient (Wildman–Crippen LogP) is 2.40. The van der Waals surface area contributed by atoms with Gasteiger partial charge in [0.05, 0.1) is 17.6 Å². The van der Waals surface area contributed by atoms with Crippen LogP contribution >= 0.6 is 0 Å². The van der Waals surface area contributed by atoms with E-state index in [2.05, 4.69) is 10.3 Å². The molecule has 130 valence electrons. The number of rotatable bonds is 1. The molecule has 0 bridgehead atoms. The fourth-order valence-electron chi connectivity index (χ4n) is 3.58. The lowest BCUT2D eigenvalue weighted by molar-refractivity contribution is 0.00336. The number of alkyl carbamates (subject to hydrolysis) is 1. The van der Waals surface area contributed by atoms with Crippen LogP contribution in [0, 0.1) is 12.7 Å². The second kappa shape index (κ2) is 5.68. The molecule has 25 heavy (non-hydrogen) atoms. The van der Waals surface area contributed by atoms with E-state index in [4.69, 9.17) is 4.74 Å². The van der Waals surface area contributed by atoms with Gasteiger partial charge in [-0.15, -0.1) is 0 Å². The van der Waals surface area contributed by atoms with Gasteiger partial charge in [-0.25, -0.2) is 9.18 Å². The number of likely N-dealkylation sites (tertiary alicyclic amines) is 1. The van der Waals surface area contributed by atoms with Gasteiger partial charge in [-0.05, 0) is 25.1 Å². The standard InChI is InChI=1S/C18H18FN3O3/c1-11-8-14(13-3-2-12(19)9-15(13)21-11)16(23)22-6-4-18(5-7-22)10-20-17(24)25-18/h2-3,8-9H,4-7,10H2,1H3,(H,20,24). The van der Waals surface area contributed by atoms with E-state index < -0.39 is 11.7 Å². The van der Waals surface area contributed by atoms with Crippen molar-refractivity contribution in [3.63, 3.8) is 0 Å². The van der Waals surface area contributed by atoms with Gasteiger partial charge in [0.1, 0.15) is 11.4 Å². The monoisotopic (exact) mass is 343 g/mol. The minimum atomic E-state index is -0.493. The van der Waals surface area contributed by atoms with Gasteiger partial charge in [0, 0.05) is 43.1 Å². The Labute approximate surface area is 144 Å². The zero-order chi connectivity index (χ0) is 17.6. The largest absolute Gasteiger partial charge is 0.441 e. The molecule has 1 spiro atoms. The van der Waals surface area contributed by atoms with Crippen molar-refractivity contribution in [1.29, 1.82) is 0 Å². The van der Waals surface area contributed by atoms with Gasteiger partial charge in [0.25, 0.3) is 5.91 Å². The molecule has 4 rings (SSSR count). The van der Waals surface area contributed by atoms with Crippen molar-refractivity contribution < 1.29 is 18.7 Å². The number of pyridine rings is 1. The van der Waals surface area contributed by atoms with Crippen molar-refractivity contribution in [3.8, 4) is 0 Å². The zero-order valence-electron chi connectivity index (χ0n) is 13.8.